The standard InChI is InChI=1S/C19H21FN4O4/c1-3-19-8-11(25)9-24(19)15-7-14(12-5-4-6-13(20)16(12)28-2)21-22-17(15)23(10-19)18(26)27/h4-7,11,25H,3,8-10H2,1-2H3,(H,26,27)/t11-,19-/m1/s1. The van der Waals surface area contributed by atoms with Crippen LogP contribution in [0.25, 0.3) is 11.3 Å². The minimum atomic E-state index is -1.12. The zero-order valence-corrected chi connectivity index (χ0v) is 15.6. The predicted molar refractivity (Wildman–Crippen MR) is 100 cm³/mol. The molecule has 1 saturated heterocycles. The number of methoxy groups -OCH3 is 1. The highest BCUT2D eigenvalue weighted by Crippen LogP contribution is 2.46. The molecule has 2 aromatic rings. The molecule has 2 aliphatic heterocycles. The first kappa shape index (κ1) is 18.4. The molecule has 2 aliphatic rings. The molecule has 2 N–H and O–H groups in total. The highest BCUT2D eigenvalue weighted by atomic mass is 19.1. The molecule has 0 aliphatic carbocycles. The SMILES string of the molecule is CC[C@]12C[C@@H](O)CN1c1cc(-c3cccc(F)c3OC)nnc1N(C(=O)O)C2. The number of aliphatic hydroxyl groups is 1. The van der Waals surface area contributed by atoms with E-state index in [1.165, 1.54) is 18.1 Å². The number of anilines is 2. The van der Waals surface area contributed by atoms with Crippen molar-refractivity contribution in [3.8, 4) is 17.0 Å². The molecule has 0 radical (unpaired) electrons. The zero-order valence-electron chi connectivity index (χ0n) is 15.6. The van der Waals surface area contributed by atoms with Gasteiger partial charge in [0.05, 0.1) is 36.7 Å². The summed E-state index contributed by atoms with van der Waals surface area (Å²) in [6, 6.07) is 6.20. The van der Waals surface area contributed by atoms with E-state index < -0.39 is 23.6 Å². The third kappa shape index (κ3) is 2.65. The Morgan fingerprint density at radius 1 is 1.43 bits per heavy atom. The van der Waals surface area contributed by atoms with Crippen LogP contribution in [-0.4, -0.2) is 58.3 Å². The fraction of sp³-hybridized carbons (Fsp3) is 0.421. The minimum Gasteiger partial charge on any atom is -0.493 e. The van der Waals surface area contributed by atoms with Gasteiger partial charge in [-0.3, -0.25) is 4.90 Å². The Morgan fingerprint density at radius 3 is 2.89 bits per heavy atom. The average molecular weight is 388 g/mol. The van der Waals surface area contributed by atoms with Crippen LogP contribution in [-0.2, 0) is 0 Å². The summed E-state index contributed by atoms with van der Waals surface area (Å²) in [4.78, 5) is 15.0. The fourth-order valence-corrected chi connectivity index (χ4v) is 4.31. The molecule has 0 spiro atoms. The van der Waals surface area contributed by atoms with Crippen molar-refractivity contribution in [2.24, 2.45) is 0 Å². The fourth-order valence-electron chi connectivity index (χ4n) is 4.31. The number of benzene rings is 1. The Labute approximate surface area is 161 Å². The Morgan fingerprint density at radius 2 is 2.21 bits per heavy atom. The Hall–Kier alpha value is -2.94. The van der Waals surface area contributed by atoms with Crippen LogP contribution in [0.4, 0.5) is 20.7 Å². The maximum Gasteiger partial charge on any atom is 0.413 e. The number of halogens is 1. The second-order valence-corrected chi connectivity index (χ2v) is 7.17. The second-order valence-electron chi connectivity index (χ2n) is 7.17. The highest BCUT2D eigenvalue weighted by Gasteiger charge is 2.51. The number of aromatic nitrogens is 2. The van der Waals surface area contributed by atoms with Crippen molar-refractivity contribution < 1.29 is 24.1 Å². The van der Waals surface area contributed by atoms with Crippen molar-refractivity contribution in [1.29, 1.82) is 0 Å². The molecular formula is C19H21FN4O4. The molecule has 4 rings (SSSR count). The molecule has 28 heavy (non-hydrogen) atoms. The molecule has 1 fully saturated rings. The third-order valence-electron chi connectivity index (χ3n) is 5.67. The lowest BCUT2D eigenvalue weighted by molar-refractivity contribution is 0.179. The van der Waals surface area contributed by atoms with Crippen LogP contribution in [0, 0.1) is 5.82 Å². The van der Waals surface area contributed by atoms with Gasteiger partial charge in [-0.05, 0) is 31.0 Å². The Kier molecular flexibility index (Phi) is 4.34. The molecule has 1 aromatic carbocycles. The molecular weight excluding hydrogens is 367 g/mol. The summed E-state index contributed by atoms with van der Waals surface area (Å²) >= 11 is 0. The number of ether oxygens (including phenoxy) is 1. The van der Waals surface area contributed by atoms with E-state index >= 15 is 0 Å². The van der Waals surface area contributed by atoms with Crippen LogP contribution in [0.3, 0.4) is 0 Å². The number of β-amino-alcohol motifs (C(OH)–C–C–N with tert-alkyl or cyclic N) is 1. The second kappa shape index (κ2) is 6.59. The number of carboxylic acid groups (broad SMARTS) is 1. The molecule has 3 heterocycles. The molecule has 0 saturated carbocycles. The van der Waals surface area contributed by atoms with E-state index in [9.17, 15) is 19.4 Å². The summed E-state index contributed by atoms with van der Waals surface area (Å²) in [6.45, 7) is 2.56. The maximum absolute atomic E-state index is 14.1. The summed E-state index contributed by atoms with van der Waals surface area (Å²) in [5, 5.41) is 28.3. The Bertz CT molecular complexity index is 940. The molecule has 1 aromatic heterocycles. The first-order chi connectivity index (χ1) is 13.4. The van der Waals surface area contributed by atoms with E-state index in [1.807, 2.05) is 11.8 Å². The van der Waals surface area contributed by atoms with Gasteiger partial charge in [0, 0.05) is 12.1 Å². The van der Waals surface area contributed by atoms with Gasteiger partial charge in [-0.25, -0.2) is 9.18 Å². The largest absolute Gasteiger partial charge is 0.493 e. The summed E-state index contributed by atoms with van der Waals surface area (Å²) < 4.78 is 19.3. The molecule has 0 bridgehead atoms. The Balaban J connectivity index is 1.90. The first-order valence-corrected chi connectivity index (χ1v) is 9.07. The number of para-hydroxylation sites is 1. The first-order valence-electron chi connectivity index (χ1n) is 9.07. The highest BCUT2D eigenvalue weighted by molar-refractivity contribution is 5.92. The number of fused-ring (bicyclic) bond motifs is 3. The van der Waals surface area contributed by atoms with Crippen LogP contribution in [0.15, 0.2) is 24.3 Å². The van der Waals surface area contributed by atoms with E-state index in [0.717, 1.165) is 0 Å². The van der Waals surface area contributed by atoms with E-state index in [0.29, 0.717) is 36.3 Å². The monoisotopic (exact) mass is 388 g/mol. The lowest BCUT2D eigenvalue weighted by Crippen LogP contribution is -2.57. The topological polar surface area (TPSA) is 99.0 Å². The van der Waals surface area contributed by atoms with Crippen molar-refractivity contribution in [3.63, 3.8) is 0 Å². The van der Waals surface area contributed by atoms with Crippen molar-refractivity contribution in [3.05, 3.63) is 30.1 Å². The van der Waals surface area contributed by atoms with Crippen LogP contribution in [0.1, 0.15) is 19.8 Å². The van der Waals surface area contributed by atoms with E-state index in [1.54, 1.807) is 18.2 Å². The molecule has 2 atom stereocenters. The molecule has 148 valence electrons. The van der Waals surface area contributed by atoms with Crippen molar-refractivity contribution >= 4 is 17.6 Å². The average Bonchev–Trinajstić information content (AvgIpc) is 3.03. The minimum absolute atomic E-state index is 0.0471. The van der Waals surface area contributed by atoms with Gasteiger partial charge < -0.3 is 19.8 Å². The molecule has 8 nitrogen and oxygen atoms in total. The number of aliphatic hydroxyl groups excluding tert-OH is 1. The van der Waals surface area contributed by atoms with Gasteiger partial charge in [0.25, 0.3) is 0 Å². The number of nitrogens with zero attached hydrogens (tertiary/aromatic N) is 4. The normalized spacial score (nSPS) is 23.4. The van der Waals surface area contributed by atoms with Gasteiger partial charge in [0.2, 0.25) is 0 Å². The van der Waals surface area contributed by atoms with Gasteiger partial charge in [0.15, 0.2) is 17.4 Å². The van der Waals surface area contributed by atoms with E-state index in [4.69, 9.17) is 4.74 Å². The van der Waals surface area contributed by atoms with E-state index in [2.05, 4.69) is 10.2 Å². The number of amides is 1. The quantitative estimate of drug-likeness (QED) is 0.833. The summed E-state index contributed by atoms with van der Waals surface area (Å²) in [5.41, 5.74) is 0.834. The number of rotatable bonds is 3. The van der Waals surface area contributed by atoms with Gasteiger partial charge >= 0.3 is 6.09 Å². The van der Waals surface area contributed by atoms with Crippen molar-refractivity contribution in [1.82, 2.24) is 10.2 Å². The summed E-state index contributed by atoms with van der Waals surface area (Å²) in [5.74, 6) is -0.262. The third-order valence-corrected chi connectivity index (χ3v) is 5.67. The van der Waals surface area contributed by atoms with Crippen LogP contribution >= 0.6 is 0 Å². The molecule has 0 unspecified atom stereocenters. The van der Waals surface area contributed by atoms with Crippen LogP contribution in [0.2, 0.25) is 0 Å². The zero-order chi connectivity index (χ0) is 20.1. The lowest BCUT2D eigenvalue weighted by atomic mass is 9.89. The van der Waals surface area contributed by atoms with Crippen molar-refractivity contribution in [2.45, 2.75) is 31.4 Å². The number of hydrogen-bond acceptors (Lipinski definition) is 6. The van der Waals surface area contributed by atoms with Gasteiger partial charge in [-0.2, -0.15) is 0 Å². The summed E-state index contributed by atoms with van der Waals surface area (Å²) in [7, 11) is 1.37. The summed E-state index contributed by atoms with van der Waals surface area (Å²) in [6.07, 6.45) is -0.565. The van der Waals surface area contributed by atoms with Gasteiger partial charge in [-0.15, -0.1) is 10.2 Å². The van der Waals surface area contributed by atoms with Crippen LogP contribution < -0.4 is 14.5 Å². The molecule has 1 amide bonds. The molecule has 9 heteroatoms. The van der Waals surface area contributed by atoms with E-state index in [-0.39, 0.29) is 18.1 Å². The van der Waals surface area contributed by atoms with Gasteiger partial charge in [-0.1, -0.05) is 13.0 Å². The predicted octanol–water partition coefficient (Wildman–Crippen LogP) is 2.51. The number of carbonyl (C=O) groups is 1. The van der Waals surface area contributed by atoms with Crippen LogP contribution in [0.5, 0.6) is 5.75 Å². The maximum atomic E-state index is 14.1. The number of hydrogen-bond donors (Lipinski definition) is 2. The lowest BCUT2D eigenvalue weighted by Gasteiger charge is -2.46. The van der Waals surface area contributed by atoms with Crippen molar-refractivity contribution in [2.75, 3.05) is 30.0 Å². The van der Waals surface area contributed by atoms with Gasteiger partial charge in [0.1, 0.15) is 0 Å². The smallest absolute Gasteiger partial charge is 0.413 e.